The molecule has 0 aliphatic carbocycles. The molecule has 1 amide bonds. The fourth-order valence-electron chi connectivity index (χ4n) is 4.78. The number of hydrogen-bond acceptors (Lipinski definition) is 3. The van der Waals surface area contributed by atoms with E-state index >= 15 is 0 Å². The van der Waals surface area contributed by atoms with Crippen molar-refractivity contribution in [3.63, 3.8) is 0 Å². The van der Waals surface area contributed by atoms with E-state index in [0.29, 0.717) is 18.5 Å². The van der Waals surface area contributed by atoms with Crippen molar-refractivity contribution in [1.29, 1.82) is 0 Å². The number of nitrogens with zero attached hydrogens (tertiary/aromatic N) is 1. The third kappa shape index (κ3) is 8.66. The molecule has 5 heteroatoms. The zero-order valence-electron chi connectivity index (χ0n) is 20.8. The summed E-state index contributed by atoms with van der Waals surface area (Å²) < 4.78 is 0. The molecule has 1 fully saturated rings. The van der Waals surface area contributed by atoms with Gasteiger partial charge in [0.2, 0.25) is 5.91 Å². The van der Waals surface area contributed by atoms with Crippen molar-refractivity contribution in [2.24, 2.45) is 5.92 Å². The average Bonchev–Trinajstić information content (AvgIpc) is 3.22. The van der Waals surface area contributed by atoms with E-state index in [1.165, 1.54) is 12.0 Å². The zero-order valence-corrected chi connectivity index (χ0v) is 20.8. The van der Waals surface area contributed by atoms with Gasteiger partial charge in [0.1, 0.15) is 0 Å². The predicted octanol–water partition coefficient (Wildman–Crippen LogP) is 5.66. The van der Waals surface area contributed by atoms with Crippen molar-refractivity contribution in [1.82, 2.24) is 4.90 Å². The van der Waals surface area contributed by atoms with Crippen molar-refractivity contribution in [2.45, 2.75) is 76.9 Å². The summed E-state index contributed by atoms with van der Waals surface area (Å²) in [5.41, 5.74) is 2.64. The Kier molecular flexibility index (Phi) is 10.5. The highest BCUT2D eigenvalue weighted by Gasteiger charge is 2.28. The van der Waals surface area contributed by atoms with E-state index in [9.17, 15) is 14.7 Å². The van der Waals surface area contributed by atoms with Crippen LogP contribution >= 0.6 is 0 Å². The lowest BCUT2D eigenvalue weighted by molar-refractivity contribution is -0.128. The Morgan fingerprint density at radius 1 is 1.03 bits per heavy atom. The molecule has 1 saturated heterocycles. The average molecular weight is 478 g/mol. The number of rotatable bonds is 14. The van der Waals surface area contributed by atoms with Gasteiger partial charge in [0, 0.05) is 13.0 Å². The highest BCUT2D eigenvalue weighted by molar-refractivity contribution is 5.87. The van der Waals surface area contributed by atoms with E-state index in [1.54, 1.807) is 18.2 Å². The quantitative estimate of drug-likeness (QED) is 0.272. The molecule has 0 bridgehead atoms. The highest BCUT2D eigenvalue weighted by Crippen LogP contribution is 2.22. The number of aryl methyl sites for hydroxylation is 2. The molecule has 0 spiro atoms. The minimum absolute atomic E-state index is 0.0283. The molecule has 35 heavy (non-hydrogen) atoms. The van der Waals surface area contributed by atoms with Crippen LogP contribution < -0.4 is 0 Å². The molecule has 0 saturated carbocycles. The zero-order chi connectivity index (χ0) is 25.0. The Bertz CT molecular complexity index is 971. The molecule has 2 N–H and O–H groups in total. The second-order valence-corrected chi connectivity index (χ2v) is 9.74. The van der Waals surface area contributed by atoms with Crippen LogP contribution in [0, 0.1) is 5.92 Å². The third-order valence-corrected chi connectivity index (χ3v) is 6.99. The van der Waals surface area contributed by atoms with E-state index in [0.717, 1.165) is 50.5 Å². The third-order valence-electron chi connectivity index (χ3n) is 6.99. The molecule has 5 nitrogen and oxygen atoms in total. The molecule has 188 valence electrons. The Labute approximate surface area is 209 Å². The first kappa shape index (κ1) is 26.7. The molecule has 1 aliphatic rings. The maximum Gasteiger partial charge on any atom is 0.335 e. The number of unbranched alkanes of at least 4 members (excludes halogenated alkanes) is 2. The molecule has 1 heterocycles. The van der Waals surface area contributed by atoms with Crippen molar-refractivity contribution in [3.8, 4) is 0 Å². The number of carboxylic acid groups (broad SMARTS) is 1. The monoisotopic (exact) mass is 477 g/mol. The summed E-state index contributed by atoms with van der Waals surface area (Å²) in [4.78, 5) is 25.5. The van der Waals surface area contributed by atoms with Crippen LogP contribution in [-0.2, 0) is 17.6 Å². The normalized spacial score (nSPS) is 17.7. The molecule has 0 aromatic heterocycles. The first-order valence-corrected chi connectivity index (χ1v) is 13.0. The smallest absolute Gasteiger partial charge is 0.335 e. The Morgan fingerprint density at radius 2 is 1.77 bits per heavy atom. The van der Waals surface area contributed by atoms with Crippen LogP contribution in [0.15, 0.2) is 66.7 Å². The number of amides is 1. The molecule has 2 aromatic rings. The lowest BCUT2D eigenvalue weighted by Gasteiger charge is -2.23. The summed E-state index contributed by atoms with van der Waals surface area (Å²) in [7, 11) is 0. The van der Waals surface area contributed by atoms with Crippen LogP contribution in [0.3, 0.4) is 0 Å². The van der Waals surface area contributed by atoms with E-state index < -0.39 is 12.1 Å². The van der Waals surface area contributed by atoms with Gasteiger partial charge in [-0.1, -0.05) is 74.4 Å². The fourth-order valence-corrected chi connectivity index (χ4v) is 4.78. The summed E-state index contributed by atoms with van der Waals surface area (Å²) in [5.74, 6) is -0.582. The van der Waals surface area contributed by atoms with Gasteiger partial charge in [0.25, 0.3) is 0 Å². The summed E-state index contributed by atoms with van der Waals surface area (Å²) in [6, 6.07) is 17.6. The van der Waals surface area contributed by atoms with E-state index in [1.807, 2.05) is 29.2 Å². The number of carbonyl (C=O) groups is 2. The minimum atomic E-state index is -0.924. The van der Waals surface area contributed by atoms with Gasteiger partial charge in [-0.05, 0) is 67.7 Å². The van der Waals surface area contributed by atoms with Crippen molar-refractivity contribution < 1.29 is 19.8 Å². The second kappa shape index (κ2) is 13.8. The highest BCUT2D eigenvalue weighted by atomic mass is 16.4. The van der Waals surface area contributed by atoms with Crippen molar-refractivity contribution in [2.75, 3.05) is 6.54 Å². The number of aromatic carboxylic acids is 1. The van der Waals surface area contributed by atoms with Gasteiger partial charge in [0.05, 0.1) is 17.7 Å². The maximum atomic E-state index is 12.4. The first-order valence-electron chi connectivity index (χ1n) is 13.0. The molecule has 0 radical (unpaired) electrons. The van der Waals surface area contributed by atoms with Gasteiger partial charge in [-0.2, -0.15) is 0 Å². The molecule has 2 aromatic carbocycles. The number of carboxylic acids is 1. The first-order chi connectivity index (χ1) is 16.9. The van der Waals surface area contributed by atoms with Crippen LogP contribution in [-0.4, -0.2) is 45.7 Å². The molecular weight excluding hydrogens is 438 g/mol. The lowest BCUT2D eigenvalue weighted by atomic mass is 9.95. The largest absolute Gasteiger partial charge is 0.478 e. The summed E-state index contributed by atoms with van der Waals surface area (Å²) in [5, 5.41) is 19.8. The van der Waals surface area contributed by atoms with Crippen LogP contribution in [0.1, 0.15) is 73.4 Å². The van der Waals surface area contributed by atoms with E-state index in [4.69, 9.17) is 5.11 Å². The second-order valence-electron chi connectivity index (χ2n) is 9.74. The fraction of sp³-hybridized carbons (Fsp3) is 0.467. The van der Waals surface area contributed by atoms with E-state index in [-0.39, 0.29) is 17.9 Å². The molecule has 3 rings (SSSR count). The number of aliphatic hydroxyl groups excluding tert-OH is 1. The van der Waals surface area contributed by atoms with Crippen LogP contribution in [0.5, 0.6) is 0 Å². The van der Waals surface area contributed by atoms with Gasteiger partial charge in [-0.15, -0.1) is 0 Å². The van der Waals surface area contributed by atoms with Gasteiger partial charge in [-0.3, -0.25) is 4.79 Å². The van der Waals surface area contributed by atoms with Crippen LogP contribution in [0.2, 0.25) is 0 Å². The predicted molar refractivity (Wildman–Crippen MR) is 139 cm³/mol. The standard InChI is InChI=1S/C30H39NO4/c1-23(10-4-2-5-11-24-12-6-3-7-13-24)28(32)19-17-27-18-20-29(33)31(27)21-9-15-25-14-8-16-26(22-25)30(34)35/h3,6-8,12-14,16-17,19,22-23,27-28,32H,2,4-5,9-11,15,18,20-21H2,1H3,(H,34,35)/b19-17+/t23-,27-,28+/m0/s1. The Hall–Kier alpha value is -2.92. The number of hydrogen-bond donors (Lipinski definition) is 2. The van der Waals surface area contributed by atoms with E-state index in [2.05, 4.69) is 31.2 Å². The lowest BCUT2D eigenvalue weighted by Crippen LogP contribution is -2.33. The van der Waals surface area contributed by atoms with Gasteiger partial charge in [0.15, 0.2) is 0 Å². The van der Waals surface area contributed by atoms with Crippen LogP contribution in [0.4, 0.5) is 0 Å². The SMILES string of the molecule is C[C@@H](CCCCCc1ccccc1)[C@H](O)/C=C/[C@H]1CCC(=O)N1CCCc1cccc(C(=O)O)c1. The van der Waals surface area contributed by atoms with Gasteiger partial charge >= 0.3 is 5.97 Å². The minimum Gasteiger partial charge on any atom is -0.478 e. The summed E-state index contributed by atoms with van der Waals surface area (Å²) >= 11 is 0. The topological polar surface area (TPSA) is 77.8 Å². The molecular formula is C30H39NO4. The van der Waals surface area contributed by atoms with Crippen molar-refractivity contribution in [3.05, 3.63) is 83.4 Å². The molecule has 0 unspecified atom stereocenters. The summed E-state index contributed by atoms with van der Waals surface area (Å²) in [6.07, 6.45) is 11.7. The Morgan fingerprint density at radius 3 is 2.54 bits per heavy atom. The van der Waals surface area contributed by atoms with Gasteiger partial charge in [-0.25, -0.2) is 4.79 Å². The number of carbonyl (C=O) groups excluding carboxylic acids is 1. The Balaban J connectivity index is 1.38. The van der Waals surface area contributed by atoms with Gasteiger partial charge < -0.3 is 15.1 Å². The number of likely N-dealkylation sites (tertiary alicyclic amines) is 1. The number of aliphatic hydroxyl groups is 1. The summed E-state index contributed by atoms with van der Waals surface area (Å²) in [6.45, 7) is 2.73. The molecule has 1 aliphatic heterocycles. The maximum absolute atomic E-state index is 12.4. The van der Waals surface area contributed by atoms with Crippen LogP contribution in [0.25, 0.3) is 0 Å². The number of benzene rings is 2. The molecule has 3 atom stereocenters. The van der Waals surface area contributed by atoms with Crippen molar-refractivity contribution >= 4 is 11.9 Å².